The number of nitrogen functional groups attached to an aromatic ring is 1. The monoisotopic (exact) mass is 545 g/mol. The number of nitrogens with zero attached hydrogens (tertiary/aromatic N) is 3. The number of fused-ring (bicyclic) bond motifs is 1. The Kier molecular flexibility index (Phi) is 6.64. The number of hydrogen-bond donors (Lipinski definition) is 2. The lowest BCUT2D eigenvalue weighted by atomic mass is 10.1. The van der Waals surface area contributed by atoms with E-state index in [0.717, 1.165) is 6.26 Å². The maximum absolute atomic E-state index is 13.7. The average molecular weight is 546 g/mol. The van der Waals surface area contributed by atoms with Crippen molar-refractivity contribution in [1.29, 1.82) is 0 Å². The molecule has 3 N–H and O–H groups in total. The molecule has 3 aromatic carbocycles. The predicted molar refractivity (Wildman–Crippen MR) is 152 cm³/mol. The van der Waals surface area contributed by atoms with Crippen LogP contribution < -0.4 is 16.6 Å². The van der Waals surface area contributed by atoms with Gasteiger partial charge in [0.15, 0.2) is 9.84 Å². The van der Waals surface area contributed by atoms with Gasteiger partial charge in [-0.25, -0.2) is 13.4 Å². The van der Waals surface area contributed by atoms with Crippen LogP contribution in [0.2, 0.25) is 5.02 Å². The summed E-state index contributed by atoms with van der Waals surface area (Å²) >= 11 is 6.43. The Hall–Kier alpha value is -4.21. The molecule has 0 bridgehead atoms. The number of anilines is 2. The van der Waals surface area contributed by atoms with Gasteiger partial charge in [-0.05, 0) is 54.3 Å². The molecule has 0 radical (unpaired) electrons. The van der Waals surface area contributed by atoms with Crippen LogP contribution in [-0.2, 0) is 9.84 Å². The Balaban J connectivity index is 1.66. The fraction of sp³-hybridized carbons (Fsp3) is 0.107. The number of nitrogens with one attached hydrogen (secondary N) is 1. The van der Waals surface area contributed by atoms with E-state index in [0.29, 0.717) is 44.1 Å². The van der Waals surface area contributed by atoms with Gasteiger partial charge in [0, 0.05) is 29.4 Å². The molecule has 0 saturated carbocycles. The summed E-state index contributed by atoms with van der Waals surface area (Å²) in [6.45, 7) is 1.90. The maximum atomic E-state index is 13.7. The molecule has 5 rings (SSSR count). The first kappa shape index (κ1) is 25.4. The number of rotatable bonds is 6. The summed E-state index contributed by atoms with van der Waals surface area (Å²) in [6, 6.07) is 22.7. The van der Waals surface area contributed by atoms with E-state index in [1.165, 1.54) is 6.07 Å². The zero-order chi connectivity index (χ0) is 27.0. The largest absolute Gasteiger partial charge is 0.368 e. The lowest BCUT2D eigenvalue weighted by molar-refractivity contribution is 0.602. The number of sulfone groups is 1. The lowest BCUT2D eigenvalue weighted by Gasteiger charge is -2.23. The Morgan fingerprint density at radius 3 is 2.47 bits per heavy atom. The molecule has 8 nitrogen and oxygen atoms in total. The van der Waals surface area contributed by atoms with E-state index in [2.05, 4.69) is 15.3 Å². The molecular formula is C28H24ClN5O3S. The molecule has 0 saturated heterocycles. The first-order valence-corrected chi connectivity index (χ1v) is 14.0. The lowest BCUT2D eigenvalue weighted by Crippen LogP contribution is -2.26. The highest BCUT2D eigenvalue weighted by atomic mass is 35.5. The van der Waals surface area contributed by atoms with Gasteiger partial charge in [-0.3, -0.25) is 9.36 Å². The molecule has 192 valence electrons. The van der Waals surface area contributed by atoms with Gasteiger partial charge in [-0.1, -0.05) is 54.1 Å². The first-order valence-electron chi connectivity index (χ1n) is 11.7. The van der Waals surface area contributed by atoms with E-state index in [1.54, 1.807) is 41.1 Å². The standard InChI is InChI=1S/C28H24ClN5O3S/c1-17(32-26-22(16-31-28(30)33-26)18-8-6-12-21(14-18)38(2,36)37)24-15-19-9-7-13-23(29)25(19)27(35)34(24)20-10-4-3-5-11-20/h3-17H,1-2H3,(H3,30,31,32,33). The number of pyridine rings is 1. The summed E-state index contributed by atoms with van der Waals surface area (Å²) in [5.74, 6) is 0.447. The van der Waals surface area contributed by atoms with Crippen LogP contribution >= 0.6 is 11.6 Å². The SMILES string of the molecule is CC(Nc1nc(N)ncc1-c1cccc(S(C)(=O)=O)c1)c1cc2cccc(Cl)c2c(=O)n1-c1ccccc1. The van der Waals surface area contributed by atoms with Crippen LogP contribution in [0.5, 0.6) is 0 Å². The zero-order valence-corrected chi connectivity index (χ0v) is 22.2. The second-order valence-electron chi connectivity index (χ2n) is 8.91. The Morgan fingerprint density at radius 1 is 1.00 bits per heavy atom. The molecule has 0 spiro atoms. The van der Waals surface area contributed by atoms with Gasteiger partial charge in [0.05, 0.1) is 21.3 Å². The Morgan fingerprint density at radius 2 is 1.74 bits per heavy atom. The van der Waals surface area contributed by atoms with Crippen molar-refractivity contribution in [3.63, 3.8) is 0 Å². The van der Waals surface area contributed by atoms with Crippen LogP contribution in [0.3, 0.4) is 0 Å². The normalized spacial score (nSPS) is 12.4. The molecule has 10 heteroatoms. The third kappa shape index (κ3) is 4.85. The molecule has 0 amide bonds. The van der Waals surface area contributed by atoms with Gasteiger partial charge in [-0.15, -0.1) is 0 Å². The summed E-state index contributed by atoms with van der Waals surface area (Å²) in [6.07, 6.45) is 2.70. The summed E-state index contributed by atoms with van der Waals surface area (Å²) in [4.78, 5) is 22.5. The van der Waals surface area contributed by atoms with Crippen molar-refractivity contribution < 1.29 is 8.42 Å². The van der Waals surface area contributed by atoms with E-state index in [4.69, 9.17) is 17.3 Å². The number of nitrogens with two attached hydrogens (primary N) is 1. The minimum absolute atomic E-state index is 0.0495. The first-order chi connectivity index (χ1) is 18.1. The molecule has 2 heterocycles. The van der Waals surface area contributed by atoms with E-state index < -0.39 is 15.9 Å². The van der Waals surface area contributed by atoms with E-state index >= 15 is 0 Å². The molecule has 0 aliphatic heterocycles. The predicted octanol–water partition coefficient (Wildman–Crippen LogP) is 5.26. The summed E-state index contributed by atoms with van der Waals surface area (Å²) < 4.78 is 25.9. The fourth-order valence-electron chi connectivity index (χ4n) is 4.39. The molecule has 0 aliphatic rings. The number of para-hydroxylation sites is 1. The van der Waals surface area contributed by atoms with Crippen molar-refractivity contribution >= 4 is 44.0 Å². The third-order valence-corrected chi connectivity index (χ3v) is 7.64. The number of benzene rings is 3. The fourth-order valence-corrected chi connectivity index (χ4v) is 5.32. The Bertz CT molecular complexity index is 1840. The molecule has 1 unspecified atom stereocenters. The van der Waals surface area contributed by atoms with Gasteiger partial charge in [0.25, 0.3) is 5.56 Å². The molecule has 38 heavy (non-hydrogen) atoms. The molecular weight excluding hydrogens is 522 g/mol. The van der Waals surface area contributed by atoms with Gasteiger partial charge in [0.2, 0.25) is 5.95 Å². The van der Waals surface area contributed by atoms with E-state index in [-0.39, 0.29) is 16.4 Å². The Labute approximate surface area is 224 Å². The summed E-state index contributed by atoms with van der Waals surface area (Å²) in [5, 5.41) is 4.88. The van der Waals surface area contributed by atoms with Crippen LogP contribution in [0.1, 0.15) is 18.7 Å². The van der Waals surface area contributed by atoms with Crippen LogP contribution in [0, 0.1) is 0 Å². The molecule has 2 aromatic heterocycles. The second-order valence-corrected chi connectivity index (χ2v) is 11.3. The van der Waals surface area contributed by atoms with Gasteiger partial charge in [-0.2, -0.15) is 4.98 Å². The van der Waals surface area contributed by atoms with Crippen LogP contribution in [-0.4, -0.2) is 29.2 Å². The number of hydrogen-bond acceptors (Lipinski definition) is 7. The highest BCUT2D eigenvalue weighted by Crippen LogP contribution is 2.32. The highest BCUT2D eigenvalue weighted by molar-refractivity contribution is 7.90. The van der Waals surface area contributed by atoms with Gasteiger partial charge in [0.1, 0.15) is 5.82 Å². The molecule has 1 atom stereocenters. The van der Waals surface area contributed by atoms with Crippen molar-refractivity contribution in [2.75, 3.05) is 17.3 Å². The minimum atomic E-state index is -3.42. The second kappa shape index (κ2) is 9.92. The van der Waals surface area contributed by atoms with Gasteiger partial charge < -0.3 is 11.1 Å². The molecule has 0 fully saturated rings. The van der Waals surface area contributed by atoms with Crippen molar-refractivity contribution in [1.82, 2.24) is 14.5 Å². The highest BCUT2D eigenvalue weighted by Gasteiger charge is 2.20. The van der Waals surface area contributed by atoms with Crippen molar-refractivity contribution in [2.24, 2.45) is 0 Å². The average Bonchev–Trinajstić information content (AvgIpc) is 2.88. The summed E-state index contributed by atoms with van der Waals surface area (Å²) in [7, 11) is -3.42. The third-order valence-electron chi connectivity index (χ3n) is 6.22. The van der Waals surface area contributed by atoms with E-state index in [9.17, 15) is 13.2 Å². The topological polar surface area (TPSA) is 120 Å². The quantitative estimate of drug-likeness (QED) is 0.298. The minimum Gasteiger partial charge on any atom is -0.368 e. The number of halogens is 1. The van der Waals surface area contributed by atoms with Gasteiger partial charge >= 0.3 is 0 Å². The van der Waals surface area contributed by atoms with Crippen LogP contribution in [0.25, 0.3) is 27.6 Å². The number of aromatic nitrogens is 3. The van der Waals surface area contributed by atoms with Crippen molar-refractivity contribution in [3.8, 4) is 16.8 Å². The van der Waals surface area contributed by atoms with Crippen molar-refractivity contribution in [3.05, 3.63) is 106 Å². The summed E-state index contributed by atoms with van der Waals surface area (Å²) in [5.41, 5.74) is 8.21. The molecule has 0 aliphatic carbocycles. The smallest absolute Gasteiger partial charge is 0.264 e. The van der Waals surface area contributed by atoms with Crippen LogP contribution in [0.4, 0.5) is 11.8 Å². The van der Waals surface area contributed by atoms with Crippen LogP contribution in [0.15, 0.2) is 94.7 Å². The zero-order valence-electron chi connectivity index (χ0n) is 20.6. The van der Waals surface area contributed by atoms with Crippen molar-refractivity contribution in [2.45, 2.75) is 17.9 Å². The molecule has 5 aromatic rings. The maximum Gasteiger partial charge on any atom is 0.264 e. The van der Waals surface area contributed by atoms with E-state index in [1.807, 2.05) is 49.4 Å².